The Morgan fingerprint density at radius 1 is 0.907 bits per heavy atom. The number of benzene rings is 2. The van der Waals surface area contributed by atoms with Gasteiger partial charge in [0, 0.05) is 57.1 Å². The number of urea groups is 1. The topological polar surface area (TPSA) is 159 Å². The number of rotatable bonds is 10. The molecule has 14 nitrogen and oxygen atoms in total. The second-order valence-corrected chi connectivity index (χ2v) is 15.3. The molecule has 3 amide bonds. The maximum absolute atomic E-state index is 14.2. The van der Waals surface area contributed by atoms with Crippen LogP contribution in [0.15, 0.2) is 67.3 Å². The average Bonchev–Trinajstić information content (AvgIpc) is 3.91. The van der Waals surface area contributed by atoms with Gasteiger partial charge in [-0.25, -0.2) is 9.48 Å². The van der Waals surface area contributed by atoms with Gasteiger partial charge in [0.25, 0.3) is 5.91 Å². The molecule has 3 aliphatic rings. The lowest BCUT2D eigenvalue weighted by atomic mass is 9.76. The van der Waals surface area contributed by atoms with Crippen molar-refractivity contribution in [1.82, 2.24) is 45.2 Å². The van der Waals surface area contributed by atoms with E-state index in [0.29, 0.717) is 78.9 Å². The first kappa shape index (κ1) is 37.5. The molecule has 3 fully saturated rings. The second kappa shape index (κ2) is 15.9. The Kier molecular flexibility index (Phi) is 11.0. The van der Waals surface area contributed by atoms with Gasteiger partial charge in [0.2, 0.25) is 0 Å². The smallest absolute Gasteiger partial charge is 0.318 e. The normalized spacial score (nSPS) is 20.5. The Labute approximate surface area is 323 Å². The maximum atomic E-state index is 14.2. The number of aliphatic carboxylic acids is 1. The van der Waals surface area contributed by atoms with Crippen LogP contribution in [0.4, 0.5) is 4.79 Å². The van der Waals surface area contributed by atoms with Gasteiger partial charge in [-0.15, -0.1) is 5.10 Å². The van der Waals surface area contributed by atoms with E-state index in [9.17, 15) is 19.5 Å². The number of carboxylic acids is 1. The Hall–Kier alpha value is -4.79. The number of carbonyl (C=O) groups is 3. The number of carboxylic acid groups (broad SMARTS) is 1. The molecule has 4 aromatic rings. The van der Waals surface area contributed by atoms with Crippen LogP contribution in [0.3, 0.4) is 0 Å². The molecule has 3 saturated heterocycles. The zero-order valence-corrected chi connectivity index (χ0v) is 31.5. The summed E-state index contributed by atoms with van der Waals surface area (Å²) in [6.07, 6.45) is 8.75. The van der Waals surface area contributed by atoms with Gasteiger partial charge >= 0.3 is 12.0 Å². The van der Waals surface area contributed by atoms with E-state index < -0.39 is 17.4 Å². The van der Waals surface area contributed by atoms with Crippen molar-refractivity contribution in [2.45, 2.75) is 49.5 Å². The molecular weight excluding hydrogens is 733 g/mol. The van der Waals surface area contributed by atoms with Crippen molar-refractivity contribution >= 4 is 41.1 Å². The van der Waals surface area contributed by atoms with Crippen molar-refractivity contribution in [2.75, 3.05) is 52.9 Å². The first-order chi connectivity index (χ1) is 26.1. The Bertz CT molecular complexity index is 1970. The van der Waals surface area contributed by atoms with Crippen LogP contribution in [-0.2, 0) is 15.7 Å². The Morgan fingerprint density at radius 2 is 1.67 bits per heavy atom. The predicted octanol–water partition coefficient (Wildman–Crippen LogP) is 5.04. The van der Waals surface area contributed by atoms with E-state index in [1.165, 1.54) is 11.0 Å². The molecule has 284 valence electrons. The van der Waals surface area contributed by atoms with Crippen LogP contribution < -0.4 is 10.1 Å². The number of pyridine rings is 1. The number of likely N-dealkylation sites (tertiary alicyclic amines) is 3. The number of piperidine rings is 2. The number of aromatic nitrogens is 5. The number of amides is 3. The summed E-state index contributed by atoms with van der Waals surface area (Å²) in [5.74, 6) is -0.903. The molecule has 2 aromatic carbocycles. The van der Waals surface area contributed by atoms with Crippen LogP contribution in [0.2, 0.25) is 10.0 Å². The average molecular weight is 777 g/mol. The molecule has 0 aliphatic carbocycles. The summed E-state index contributed by atoms with van der Waals surface area (Å²) in [6, 6.07) is 14.8. The molecule has 2 N–H and O–H groups in total. The quantitative estimate of drug-likeness (QED) is 0.224. The highest BCUT2D eigenvalue weighted by Crippen LogP contribution is 2.42. The van der Waals surface area contributed by atoms with Crippen LogP contribution >= 0.6 is 23.2 Å². The van der Waals surface area contributed by atoms with E-state index in [4.69, 9.17) is 27.9 Å². The number of nitrogens with one attached hydrogen (secondary N) is 1. The molecule has 1 atom stereocenters. The van der Waals surface area contributed by atoms with Crippen molar-refractivity contribution in [3.05, 3.63) is 94.0 Å². The number of nitrogens with zero attached hydrogens (tertiary/aromatic N) is 8. The van der Waals surface area contributed by atoms with E-state index in [1.807, 2.05) is 35.2 Å². The van der Waals surface area contributed by atoms with Crippen molar-refractivity contribution in [3.8, 4) is 11.4 Å². The molecule has 1 unspecified atom stereocenters. The molecule has 0 saturated carbocycles. The van der Waals surface area contributed by atoms with Gasteiger partial charge in [0.05, 0.1) is 39.9 Å². The largest absolute Gasteiger partial charge is 0.496 e. The van der Waals surface area contributed by atoms with Crippen molar-refractivity contribution in [3.63, 3.8) is 0 Å². The number of hydrogen-bond donors (Lipinski definition) is 2. The van der Waals surface area contributed by atoms with E-state index in [-0.39, 0.29) is 17.4 Å². The van der Waals surface area contributed by atoms with Crippen LogP contribution in [0.5, 0.6) is 5.75 Å². The molecule has 54 heavy (non-hydrogen) atoms. The predicted molar refractivity (Wildman–Crippen MR) is 201 cm³/mol. The summed E-state index contributed by atoms with van der Waals surface area (Å²) in [6.45, 7) is 4.09. The summed E-state index contributed by atoms with van der Waals surface area (Å²) in [4.78, 5) is 49.6. The van der Waals surface area contributed by atoms with E-state index in [2.05, 4.69) is 30.7 Å². The first-order valence-corrected chi connectivity index (χ1v) is 18.9. The molecule has 3 aliphatic heterocycles. The first-order valence-electron chi connectivity index (χ1n) is 18.2. The van der Waals surface area contributed by atoms with Crippen molar-refractivity contribution in [2.24, 2.45) is 5.92 Å². The molecular formula is C38H43Cl2N9O5. The highest BCUT2D eigenvalue weighted by Gasteiger charge is 2.44. The molecule has 0 bridgehead atoms. The van der Waals surface area contributed by atoms with Crippen LogP contribution in [-0.4, -0.2) is 116 Å². The molecule has 7 rings (SSSR count). The van der Waals surface area contributed by atoms with Gasteiger partial charge in [-0.1, -0.05) is 29.3 Å². The summed E-state index contributed by atoms with van der Waals surface area (Å²) >= 11 is 13.0. The van der Waals surface area contributed by atoms with E-state index in [0.717, 1.165) is 43.6 Å². The van der Waals surface area contributed by atoms with Gasteiger partial charge in [-0.2, -0.15) is 0 Å². The second-order valence-electron chi connectivity index (χ2n) is 14.5. The third-order valence-corrected chi connectivity index (χ3v) is 12.3. The fourth-order valence-corrected chi connectivity index (χ4v) is 8.51. The summed E-state index contributed by atoms with van der Waals surface area (Å²) in [7, 11) is 1.55. The molecule has 2 aromatic heterocycles. The fourth-order valence-electron chi connectivity index (χ4n) is 8.21. The number of tetrazole rings is 1. The lowest BCUT2D eigenvalue weighted by molar-refractivity contribution is -0.143. The summed E-state index contributed by atoms with van der Waals surface area (Å²) in [5.41, 5.74) is 2.12. The molecule has 0 spiro atoms. The van der Waals surface area contributed by atoms with Crippen molar-refractivity contribution in [1.29, 1.82) is 0 Å². The zero-order chi connectivity index (χ0) is 37.9. The molecule has 16 heteroatoms. The number of hydrogen-bond acceptors (Lipinski definition) is 9. The minimum Gasteiger partial charge on any atom is -0.496 e. The van der Waals surface area contributed by atoms with Gasteiger partial charge < -0.3 is 29.9 Å². The monoisotopic (exact) mass is 775 g/mol. The minimum atomic E-state index is -0.805. The highest BCUT2D eigenvalue weighted by atomic mass is 35.5. The summed E-state index contributed by atoms with van der Waals surface area (Å²) < 4.78 is 7.11. The van der Waals surface area contributed by atoms with Gasteiger partial charge in [-0.3, -0.25) is 14.6 Å². The summed E-state index contributed by atoms with van der Waals surface area (Å²) in [5, 5.41) is 25.2. The highest BCUT2D eigenvalue weighted by molar-refractivity contribution is 6.42. The van der Waals surface area contributed by atoms with Crippen LogP contribution in [0, 0.1) is 5.92 Å². The maximum Gasteiger partial charge on any atom is 0.318 e. The van der Waals surface area contributed by atoms with Crippen molar-refractivity contribution < 1.29 is 24.2 Å². The fraction of sp³-hybridized carbons (Fsp3) is 0.447. The lowest BCUT2D eigenvalue weighted by Crippen LogP contribution is -2.57. The third-order valence-electron chi connectivity index (χ3n) is 11.5. The number of ether oxygens (including phenoxy) is 1. The minimum absolute atomic E-state index is 0.147. The van der Waals surface area contributed by atoms with Gasteiger partial charge in [0.15, 0.2) is 0 Å². The molecule has 5 heterocycles. The lowest BCUT2D eigenvalue weighted by Gasteiger charge is -2.45. The standard InChI is InChI=1S/C38H43Cl2N9O5/c1-54-33-5-3-29(49-25-42-44-45-49)23-30(33)34(50)48-21-11-37(24-48,28-2-4-31(39)32(40)22-28)10-18-46-19-12-38(13-20-46,27-6-14-41-15-7-27)43-36(53)47-16-8-26(9-17-47)35(51)52/h2-7,14-15,22-23,25-26H,8-13,16-21,24H2,1H3,(H,43,53)(H,51,52). The van der Waals surface area contributed by atoms with Crippen LogP contribution in [0.1, 0.15) is 60.0 Å². The third kappa shape index (κ3) is 7.73. The van der Waals surface area contributed by atoms with Crippen LogP contribution in [0.25, 0.3) is 5.69 Å². The number of methoxy groups -OCH3 is 1. The Balaban J connectivity index is 1.07. The number of carbonyl (C=O) groups excluding carboxylic acids is 2. The Morgan fingerprint density at radius 3 is 2.33 bits per heavy atom. The number of halogens is 2. The zero-order valence-electron chi connectivity index (χ0n) is 30.0. The van der Waals surface area contributed by atoms with E-state index >= 15 is 0 Å². The van der Waals surface area contributed by atoms with Gasteiger partial charge in [-0.05, 0) is 109 Å². The SMILES string of the molecule is COc1ccc(-n2cnnn2)cc1C(=O)N1CCC(CCN2CCC(NC(=O)N3CCC(C(=O)O)CC3)(c3ccncc3)CC2)(c2ccc(Cl)c(Cl)c2)C1. The van der Waals surface area contributed by atoms with Gasteiger partial charge in [0.1, 0.15) is 12.1 Å². The molecule has 0 radical (unpaired) electrons. The van der Waals surface area contributed by atoms with E-state index in [1.54, 1.807) is 42.6 Å².